The van der Waals surface area contributed by atoms with Gasteiger partial charge in [0.2, 0.25) is 0 Å². The van der Waals surface area contributed by atoms with Crippen LogP contribution in [-0.2, 0) is 11.3 Å². The fourth-order valence-electron chi connectivity index (χ4n) is 3.16. The molecule has 0 aromatic carbocycles. The molecule has 0 amide bonds. The van der Waals surface area contributed by atoms with Gasteiger partial charge in [-0.2, -0.15) is 5.10 Å². The first-order valence-corrected chi connectivity index (χ1v) is 7.25. The van der Waals surface area contributed by atoms with Crippen LogP contribution in [0, 0.1) is 0 Å². The number of hydrazine groups is 1. The molecule has 108 valence electrons. The van der Waals surface area contributed by atoms with Crippen LogP contribution in [0.2, 0.25) is 0 Å². The van der Waals surface area contributed by atoms with Crippen LogP contribution in [-0.4, -0.2) is 27.0 Å². The Hall–Kier alpha value is -0.980. The zero-order chi connectivity index (χ0) is 13.7. The summed E-state index contributed by atoms with van der Waals surface area (Å²) in [5.41, 5.74) is 2.68. The van der Waals surface area contributed by atoms with E-state index in [1.54, 1.807) is 6.33 Å². The standard InChI is InChI=1S/C13H25N5O/c1-3-18-12(15-10-16-18)11(17-14)13(19-4-2)8-6-5-7-9-13/h10-11,17H,3-9,14H2,1-2H3. The minimum atomic E-state index is -0.248. The molecule has 6 nitrogen and oxygen atoms in total. The summed E-state index contributed by atoms with van der Waals surface area (Å²) in [4.78, 5) is 4.39. The Morgan fingerprint density at radius 2 is 2.16 bits per heavy atom. The molecule has 1 aromatic rings. The van der Waals surface area contributed by atoms with Gasteiger partial charge in [0.25, 0.3) is 0 Å². The lowest BCUT2D eigenvalue weighted by atomic mass is 9.79. The number of ether oxygens (including phenoxy) is 1. The number of nitrogens with two attached hydrogens (primary N) is 1. The third kappa shape index (κ3) is 2.80. The zero-order valence-electron chi connectivity index (χ0n) is 11.9. The molecule has 1 atom stereocenters. The molecular formula is C13H25N5O. The van der Waals surface area contributed by atoms with Gasteiger partial charge in [0, 0.05) is 13.2 Å². The summed E-state index contributed by atoms with van der Waals surface area (Å²) in [6.45, 7) is 5.57. The monoisotopic (exact) mass is 267 g/mol. The molecule has 1 aliphatic rings. The molecule has 1 unspecified atom stereocenters. The van der Waals surface area contributed by atoms with Gasteiger partial charge in [-0.15, -0.1) is 0 Å². The molecule has 1 aromatic heterocycles. The smallest absolute Gasteiger partial charge is 0.148 e. The van der Waals surface area contributed by atoms with E-state index in [0.717, 1.165) is 25.2 Å². The van der Waals surface area contributed by atoms with E-state index in [0.29, 0.717) is 6.61 Å². The highest BCUT2D eigenvalue weighted by molar-refractivity contribution is 5.06. The number of nitrogens with zero attached hydrogens (tertiary/aromatic N) is 3. The van der Waals surface area contributed by atoms with Gasteiger partial charge in [-0.3, -0.25) is 5.84 Å². The van der Waals surface area contributed by atoms with Crippen molar-refractivity contribution in [2.45, 2.75) is 64.1 Å². The van der Waals surface area contributed by atoms with E-state index in [9.17, 15) is 0 Å². The summed E-state index contributed by atoms with van der Waals surface area (Å²) in [6, 6.07) is -0.102. The largest absolute Gasteiger partial charge is 0.373 e. The number of rotatable bonds is 6. The Kier molecular flexibility index (Phi) is 4.90. The molecule has 1 aliphatic carbocycles. The fraction of sp³-hybridized carbons (Fsp3) is 0.846. The van der Waals surface area contributed by atoms with Crippen molar-refractivity contribution >= 4 is 0 Å². The average Bonchev–Trinajstić information content (AvgIpc) is 2.89. The molecule has 0 aliphatic heterocycles. The summed E-state index contributed by atoms with van der Waals surface area (Å²) in [6.07, 6.45) is 7.26. The first-order valence-electron chi connectivity index (χ1n) is 7.25. The highest BCUT2D eigenvalue weighted by atomic mass is 16.5. The van der Waals surface area contributed by atoms with Crippen molar-refractivity contribution in [2.24, 2.45) is 5.84 Å². The van der Waals surface area contributed by atoms with E-state index < -0.39 is 0 Å². The predicted octanol–water partition coefficient (Wildman–Crippen LogP) is 1.54. The fourth-order valence-corrected chi connectivity index (χ4v) is 3.16. The molecule has 0 saturated heterocycles. The van der Waals surface area contributed by atoms with Crippen molar-refractivity contribution in [1.29, 1.82) is 0 Å². The maximum absolute atomic E-state index is 6.12. The number of hydrogen-bond donors (Lipinski definition) is 2. The van der Waals surface area contributed by atoms with E-state index in [2.05, 4.69) is 22.4 Å². The number of aryl methyl sites for hydroxylation is 1. The quantitative estimate of drug-likeness (QED) is 0.604. The zero-order valence-corrected chi connectivity index (χ0v) is 11.9. The van der Waals surface area contributed by atoms with Crippen LogP contribution in [0.4, 0.5) is 0 Å². The lowest BCUT2D eigenvalue weighted by Gasteiger charge is -2.42. The third-order valence-electron chi connectivity index (χ3n) is 4.03. The molecule has 0 radical (unpaired) electrons. The van der Waals surface area contributed by atoms with Crippen molar-refractivity contribution in [2.75, 3.05) is 6.61 Å². The second kappa shape index (κ2) is 6.45. The average molecular weight is 267 g/mol. The van der Waals surface area contributed by atoms with Crippen LogP contribution in [0.3, 0.4) is 0 Å². The molecule has 2 rings (SSSR count). The predicted molar refractivity (Wildman–Crippen MR) is 73.2 cm³/mol. The van der Waals surface area contributed by atoms with Gasteiger partial charge in [-0.1, -0.05) is 19.3 Å². The molecular weight excluding hydrogens is 242 g/mol. The van der Waals surface area contributed by atoms with Gasteiger partial charge in [-0.05, 0) is 26.7 Å². The maximum atomic E-state index is 6.12. The molecule has 1 saturated carbocycles. The van der Waals surface area contributed by atoms with E-state index in [-0.39, 0.29) is 11.6 Å². The Morgan fingerprint density at radius 3 is 2.74 bits per heavy atom. The molecule has 3 N–H and O–H groups in total. The molecule has 6 heteroatoms. The topological polar surface area (TPSA) is 78.0 Å². The normalized spacial score (nSPS) is 20.4. The van der Waals surface area contributed by atoms with Crippen LogP contribution in [0.5, 0.6) is 0 Å². The van der Waals surface area contributed by atoms with Crippen LogP contribution in [0.15, 0.2) is 6.33 Å². The number of nitrogens with one attached hydrogen (secondary N) is 1. The van der Waals surface area contributed by atoms with E-state index in [1.165, 1.54) is 19.3 Å². The van der Waals surface area contributed by atoms with Crippen molar-refractivity contribution in [3.05, 3.63) is 12.2 Å². The Morgan fingerprint density at radius 1 is 1.42 bits per heavy atom. The lowest BCUT2D eigenvalue weighted by Crippen LogP contribution is -2.50. The first-order chi connectivity index (χ1) is 9.27. The second-order valence-electron chi connectivity index (χ2n) is 5.09. The van der Waals surface area contributed by atoms with Gasteiger partial charge in [0.05, 0.1) is 5.60 Å². The van der Waals surface area contributed by atoms with Gasteiger partial charge in [-0.25, -0.2) is 15.1 Å². The first kappa shape index (κ1) is 14.4. The minimum absolute atomic E-state index is 0.102. The lowest BCUT2D eigenvalue weighted by molar-refractivity contribution is -0.0939. The van der Waals surface area contributed by atoms with Crippen LogP contribution < -0.4 is 11.3 Å². The highest BCUT2D eigenvalue weighted by Crippen LogP contribution is 2.40. The summed E-state index contributed by atoms with van der Waals surface area (Å²) < 4.78 is 8.01. The molecule has 0 bridgehead atoms. The highest BCUT2D eigenvalue weighted by Gasteiger charge is 2.43. The molecule has 1 heterocycles. The SMILES string of the molecule is CCOC1(C(NN)c2ncnn2CC)CCCCC1. The van der Waals surface area contributed by atoms with Crippen molar-refractivity contribution < 1.29 is 4.74 Å². The number of aromatic nitrogens is 3. The van der Waals surface area contributed by atoms with Crippen molar-refractivity contribution in [3.8, 4) is 0 Å². The van der Waals surface area contributed by atoms with Crippen LogP contribution in [0.1, 0.15) is 57.8 Å². The van der Waals surface area contributed by atoms with E-state index >= 15 is 0 Å². The summed E-state index contributed by atoms with van der Waals surface area (Å²) in [5, 5.41) is 4.24. The Labute approximate surface area is 114 Å². The van der Waals surface area contributed by atoms with Crippen LogP contribution >= 0.6 is 0 Å². The number of hydrogen-bond acceptors (Lipinski definition) is 5. The van der Waals surface area contributed by atoms with Crippen molar-refractivity contribution in [3.63, 3.8) is 0 Å². The van der Waals surface area contributed by atoms with E-state index in [1.807, 2.05) is 11.6 Å². The van der Waals surface area contributed by atoms with Gasteiger partial charge < -0.3 is 4.74 Å². The van der Waals surface area contributed by atoms with Gasteiger partial charge in [0.1, 0.15) is 18.2 Å². The summed E-state index contributed by atoms with van der Waals surface area (Å²) in [5.74, 6) is 6.70. The third-order valence-corrected chi connectivity index (χ3v) is 4.03. The Bertz CT molecular complexity index is 381. The molecule has 19 heavy (non-hydrogen) atoms. The second-order valence-corrected chi connectivity index (χ2v) is 5.09. The van der Waals surface area contributed by atoms with Gasteiger partial charge in [0.15, 0.2) is 0 Å². The minimum Gasteiger partial charge on any atom is -0.373 e. The van der Waals surface area contributed by atoms with Gasteiger partial charge >= 0.3 is 0 Å². The van der Waals surface area contributed by atoms with Crippen molar-refractivity contribution in [1.82, 2.24) is 20.2 Å². The molecule has 0 spiro atoms. The Balaban J connectivity index is 2.31. The van der Waals surface area contributed by atoms with E-state index in [4.69, 9.17) is 10.6 Å². The summed E-state index contributed by atoms with van der Waals surface area (Å²) in [7, 11) is 0. The summed E-state index contributed by atoms with van der Waals surface area (Å²) >= 11 is 0. The van der Waals surface area contributed by atoms with Crippen LogP contribution in [0.25, 0.3) is 0 Å². The molecule has 1 fully saturated rings. The maximum Gasteiger partial charge on any atom is 0.148 e.